The molecule has 3 aromatic rings. The summed E-state index contributed by atoms with van der Waals surface area (Å²) in [5.74, 6) is -0.226. The minimum Gasteiger partial charge on any atom is -0.356 e. The van der Waals surface area contributed by atoms with Crippen LogP contribution in [-0.2, 0) is 4.79 Å². The van der Waals surface area contributed by atoms with E-state index in [-0.39, 0.29) is 30.0 Å². The van der Waals surface area contributed by atoms with E-state index in [1.165, 1.54) is 11.0 Å². The van der Waals surface area contributed by atoms with E-state index in [2.05, 4.69) is 15.8 Å². The quantitative estimate of drug-likeness (QED) is 0.394. The first-order chi connectivity index (χ1) is 14.8. The second kappa shape index (κ2) is 9.88. The Bertz CT molecular complexity index is 1050. The van der Waals surface area contributed by atoms with Gasteiger partial charge in [0.15, 0.2) is 5.96 Å². The number of rotatable bonds is 7. The normalized spacial score (nSPS) is 11.6. The highest BCUT2D eigenvalue weighted by Gasteiger charge is 2.17. The summed E-state index contributed by atoms with van der Waals surface area (Å²) in [7, 11) is 3.37. The van der Waals surface area contributed by atoms with Crippen molar-refractivity contribution >= 4 is 17.8 Å². The Labute approximate surface area is 180 Å². The number of nitrogens with zero attached hydrogens (tertiary/aromatic N) is 2. The molecule has 0 spiro atoms. The highest BCUT2D eigenvalue weighted by atomic mass is 19.1. The van der Waals surface area contributed by atoms with E-state index in [4.69, 9.17) is 9.93 Å². The number of benzene rings is 2. The number of carbonyl (C=O) groups is 1. The summed E-state index contributed by atoms with van der Waals surface area (Å²) >= 11 is 0. The van der Waals surface area contributed by atoms with E-state index in [0.717, 1.165) is 11.1 Å². The Kier molecular flexibility index (Phi) is 7.02. The zero-order valence-corrected chi connectivity index (χ0v) is 17.8. The van der Waals surface area contributed by atoms with Crippen LogP contribution < -0.4 is 10.6 Å². The monoisotopic (exact) mass is 423 g/mol. The van der Waals surface area contributed by atoms with Crippen LogP contribution in [0.4, 0.5) is 10.3 Å². The molecular formula is C23H26FN5O2. The van der Waals surface area contributed by atoms with Crippen LogP contribution in [0.15, 0.2) is 59.1 Å². The number of amides is 1. The van der Waals surface area contributed by atoms with Crippen LogP contribution in [0, 0.1) is 11.2 Å². The molecule has 8 heteroatoms. The van der Waals surface area contributed by atoms with Gasteiger partial charge >= 0.3 is 0 Å². The van der Waals surface area contributed by atoms with Crippen molar-refractivity contribution < 1.29 is 13.7 Å². The Hall–Kier alpha value is -3.68. The van der Waals surface area contributed by atoms with Gasteiger partial charge < -0.3 is 14.7 Å². The largest absolute Gasteiger partial charge is 0.356 e. The molecule has 2 aromatic carbocycles. The summed E-state index contributed by atoms with van der Waals surface area (Å²) < 4.78 is 20.0. The van der Waals surface area contributed by atoms with Crippen LogP contribution in [0.25, 0.3) is 11.1 Å². The average molecular weight is 423 g/mol. The number of nitrogens with one attached hydrogen (secondary N) is 3. The molecule has 1 heterocycles. The van der Waals surface area contributed by atoms with Crippen molar-refractivity contribution in [2.75, 3.05) is 26.0 Å². The maximum absolute atomic E-state index is 14.7. The SMILES string of the molecule is CC(c1ccc(-c2ccccc2)c(F)c1)c1cc(NC(=N)NCCC(=O)N(C)C)on1. The van der Waals surface area contributed by atoms with Crippen LogP contribution >= 0.6 is 0 Å². The maximum Gasteiger partial charge on any atom is 0.231 e. The van der Waals surface area contributed by atoms with Crippen LogP contribution in [0.2, 0.25) is 0 Å². The van der Waals surface area contributed by atoms with Crippen molar-refractivity contribution in [2.45, 2.75) is 19.3 Å². The molecule has 3 N–H and O–H groups in total. The highest BCUT2D eigenvalue weighted by Crippen LogP contribution is 2.29. The molecule has 0 radical (unpaired) electrons. The highest BCUT2D eigenvalue weighted by molar-refractivity contribution is 5.90. The van der Waals surface area contributed by atoms with E-state index in [1.54, 1.807) is 26.2 Å². The lowest BCUT2D eigenvalue weighted by Gasteiger charge is -2.11. The summed E-state index contributed by atoms with van der Waals surface area (Å²) in [5, 5.41) is 17.5. The summed E-state index contributed by atoms with van der Waals surface area (Å²) in [6, 6.07) is 16.2. The predicted molar refractivity (Wildman–Crippen MR) is 119 cm³/mol. The third-order valence-corrected chi connectivity index (χ3v) is 4.94. The molecule has 1 aromatic heterocycles. The van der Waals surface area contributed by atoms with Crippen LogP contribution in [0.1, 0.15) is 30.5 Å². The molecule has 7 nitrogen and oxygen atoms in total. The minimum absolute atomic E-state index is 0.000155. The fraction of sp³-hybridized carbons (Fsp3) is 0.261. The predicted octanol–water partition coefficient (Wildman–Crippen LogP) is 4.05. The van der Waals surface area contributed by atoms with Gasteiger partial charge in [-0.15, -0.1) is 0 Å². The van der Waals surface area contributed by atoms with Gasteiger partial charge in [0.2, 0.25) is 11.8 Å². The first kappa shape index (κ1) is 22.0. The van der Waals surface area contributed by atoms with Crippen molar-refractivity contribution in [1.29, 1.82) is 5.41 Å². The van der Waals surface area contributed by atoms with Gasteiger partial charge in [-0.1, -0.05) is 54.5 Å². The number of anilines is 1. The lowest BCUT2D eigenvalue weighted by atomic mass is 9.95. The number of guanidine groups is 1. The lowest BCUT2D eigenvalue weighted by Crippen LogP contribution is -2.33. The molecule has 31 heavy (non-hydrogen) atoms. The molecule has 0 bridgehead atoms. The van der Waals surface area contributed by atoms with Gasteiger partial charge in [0.1, 0.15) is 5.82 Å². The average Bonchev–Trinajstić information content (AvgIpc) is 3.21. The van der Waals surface area contributed by atoms with Gasteiger partial charge in [0.25, 0.3) is 0 Å². The molecule has 0 saturated carbocycles. The fourth-order valence-corrected chi connectivity index (χ4v) is 3.06. The summed E-state index contributed by atoms with van der Waals surface area (Å²) in [4.78, 5) is 13.1. The van der Waals surface area contributed by atoms with E-state index in [9.17, 15) is 9.18 Å². The number of carbonyl (C=O) groups excluding carboxylic acids is 1. The van der Waals surface area contributed by atoms with Gasteiger partial charge in [-0.05, 0) is 17.2 Å². The van der Waals surface area contributed by atoms with Crippen molar-refractivity contribution in [3.63, 3.8) is 0 Å². The zero-order valence-electron chi connectivity index (χ0n) is 17.8. The smallest absolute Gasteiger partial charge is 0.231 e. The summed E-state index contributed by atoms with van der Waals surface area (Å²) in [6.45, 7) is 2.24. The van der Waals surface area contributed by atoms with E-state index in [1.807, 2.05) is 43.3 Å². The van der Waals surface area contributed by atoms with Crippen LogP contribution in [-0.4, -0.2) is 42.6 Å². The van der Waals surface area contributed by atoms with Crippen molar-refractivity contribution in [3.8, 4) is 11.1 Å². The Morgan fingerprint density at radius 3 is 2.61 bits per heavy atom. The number of halogens is 1. The standard InChI is InChI=1S/C23H26FN5O2/c1-15(17-9-10-18(19(24)13-17)16-7-5-4-6-8-16)20-14-21(31-28-20)27-23(25)26-12-11-22(30)29(2)3/h4-10,13-15H,11-12H2,1-3H3,(H3,25,26,27). The fourth-order valence-electron chi connectivity index (χ4n) is 3.06. The molecule has 1 amide bonds. The van der Waals surface area contributed by atoms with Crippen molar-refractivity contribution in [3.05, 3.63) is 71.7 Å². The maximum atomic E-state index is 14.7. The second-order valence-electron chi connectivity index (χ2n) is 7.41. The first-order valence-corrected chi connectivity index (χ1v) is 9.96. The molecule has 1 atom stereocenters. The van der Waals surface area contributed by atoms with E-state index >= 15 is 0 Å². The Balaban J connectivity index is 1.61. The third-order valence-electron chi connectivity index (χ3n) is 4.94. The third kappa shape index (κ3) is 5.69. The van der Waals surface area contributed by atoms with Gasteiger partial charge in [-0.2, -0.15) is 0 Å². The second-order valence-corrected chi connectivity index (χ2v) is 7.41. The summed E-state index contributed by atoms with van der Waals surface area (Å²) in [5.41, 5.74) is 2.76. The van der Waals surface area contributed by atoms with E-state index in [0.29, 0.717) is 23.7 Å². The van der Waals surface area contributed by atoms with Crippen molar-refractivity contribution in [1.82, 2.24) is 15.4 Å². The van der Waals surface area contributed by atoms with Crippen LogP contribution in [0.3, 0.4) is 0 Å². The molecule has 0 aliphatic heterocycles. The zero-order chi connectivity index (χ0) is 22.4. The molecule has 1 unspecified atom stereocenters. The molecule has 0 fully saturated rings. The van der Waals surface area contributed by atoms with Crippen LogP contribution in [0.5, 0.6) is 0 Å². The van der Waals surface area contributed by atoms with Crippen molar-refractivity contribution in [2.24, 2.45) is 0 Å². The van der Waals surface area contributed by atoms with Gasteiger partial charge in [0, 0.05) is 44.6 Å². The molecule has 0 aliphatic rings. The molecule has 3 rings (SSSR count). The van der Waals surface area contributed by atoms with E-state index < -0.39 is 0 Å². The van der Waals surface area contributed by atoms with Gasteiger partial charge in [0.05, 0.1) is 5.69 Å². The number of aromatic nitrogens is 1. The number of hydrogen-bond donors (Lipinski definition) is 3. The number of hydrogen-bond acceptors (Lipinski definition) is 4. The minimum atomic E-state index is -0.296. The molecular weight excluding hydrogens is 397 g/mol. The Morgan fingerprint density at radius 1 is 1.19 bits per heavy atom. The van der Waals surface area contributed by atoms with Gasteiger partial charge in [-0.3, -0.25) is 15.5 Å². The Morgan fingerprint density at radius 2 is 1.94 bits per heavy atom. The summed E-state index contributed by atoms with van der Waals surface area (Å²) in [6.07, 6.45) is 0.278. The first-order valence-electron chi connectivity index (χ1n) is 9.96. The topological polar surface area (TPSA) is 94.2 Å². The molecule has 0 aliphatic carbocycles. The molecule has 0 saturated heterocycles. The van der Waals surface area contributed by atoms with Gasteiger partial charge in [-0.25, -0.2) is 4.39 Å². The lowest BCUT2D eigenvalue weighted by molar-refractivity contribution is -0.128. The molecule has 162 valence electrons.